The monoisotopic (exact) mass is 408 g/mol. The molecule has 2 N–H and O–H groups in total. The van der Waals surface area contributed by atoms with Gasteiger partial charge in [-0.2, -0.15) is 13.2 Å². The number of aromatic nitrogens is 1. The third-order valence-corrected chi connectivity index (χ3v) is 5.60. The van der Waals surface area contributed by atoms with Crippen LogP contribution in [0.3, 0.4) is 0 Å². The Kier molecular flexibility index (Phi) is 5.55. The Balaban J connectivity index is 1.85. The summed E-state index contributed by atoms with van der Waals surface area (Å²) in [5, 5.41) is 1.83. The molecule has 0 saturated carbocycles. The quantitative estimate of drug-likeness (QED) is 0.473. The Bertz CT molecular complexity index is 962. The normalized spacial score (nSPS) is 15.5. The first kappa shape index (κ1) is 20.1. The van der Waals surface area contributed by atoms with Crippen molar-refractivity contribution >= 4 is 28.9 Å². The SMILES string of the molecule is C/C=C(\C)C(=O)N1CCc2c(C(N)=Nc3cc(C(F)(F)F)ccn3)csc2C1. The van der Waals surface area contributed by atoms with E-state index in [-0.39, 0.29) is 17.6 Å². The van der Waals surface area contributed by atoms with Crippen molar-refractivity contribution in [2.45, 2.75) is 33.0 Å². The molecule has 0 atom stereocenters. The van der Waals surface area contributed by atoms with Gasteiger partial charge in [0.1, 0.15) is 5.84 Å². The molecule has 0 bridgehead atoms. The molecule has 0 aromatic carbocycles. The number of hydrogen-bond acceptors (Lipinski definition) is 4. The number of nitrogens with two attached hydrogens (primary N) is 1. The van der Waals surface area contributed by atoms with Gasteiger partial charge in [-0.3, -0.25) is 4.79 Å². The molecule has 2 aromatic heterocycles. The number of pyridine rings is 1. The van der Waals surface area contributed by atoms with E-state index in [2.05, 4.69) is 9.98 Å². The number of alkyl halides is 3. The van der Waals surface area contributed by atoms with Crippen molar-refractivity contribution in [1.29, 1.82) is 0 Å². The zero-order chi connectivity index (χ0) is 20.5. The molecule has 3 rings (SSSR count). The molecule has 148 valence electrons. The summed E-state index contributed by atoms with van der Waals surface area (Å²) < 4.78 is 38.5. The molecule has 5 nitrogen and oxygen atoms in total. The maximum atomic E-state index is 12.8. The van der Waals surface area contributed by atoms with Crippen molar-refractivity contribution in [1.82, 2.24) is 9.88 Å². The number of nitrogens with zero attached hydrogens (tertiary/aromatic N) is 3. The van der Waals surface area contributed by atoms with E-state index in [1.165, 1.54) is 11.3 Å². The Hall–Kier alpha value is -2.68. The van der Waals surface area contributed by atoms with Crippen LogP contribution in [0.25, 0.3) is 0 Å². The molecule has 2 aromatic rings. The molecular formula is C19H19F3N4OS. The van der Waals surface area contributed by atoms with E-state index < -0.39 is 11.7 Å². The Morgan fingerprint density at radius 2 is 2.18 bits per heavy atom. The molecule has 1 aliphatic rings. The Morgan fingerprint density at radius 1 is 1.43 bits per heavy atom. The molecule has 9 heteroatoms. The maximum Gasteiger partial charge on any atom is 0.416 e. The largest absolute Gasteiger partial charge is 0.416 e. The lowest BCUT2D eigenvalue weighted by atomic mass is 10.0. The van der Waals surface area contributed by atoms with Crippen molar-refractivity contribution < 1.29 is 18.0 Å². The first-order valence-corrected chi connectivity index (χ1v) is 9.48. The van der Waals surface area contributed by atoms with E-state index in [0.717, 1.165) is 28.8 Å². The minimum atomic E-state index is -4.47. The fraction of sp³-hybridized carbons (Fsp3) is 0.316. The number of fused-ring (bicyclic) bond motifs is 1. The zero-order valence-corrected chi connectivity index (χ0v) is 16.2. The molecule has 0 radical (unpaired) electrons. The van der Waals surface area contributed by atoms with Gasteiger partial charge in [-0.15, -0.1) is 11.3 Å². The van der Waals surface area contributed by atoms with Gasteiger partial charge in [0.2, 0.25) is 5.91 Å². The highest BCUT2D eigenvalue weighted by Crippen LogP contribution is 2.32. The van der Waals surface area contributed by atoms with Crippen molar-refractivity contribution in [2.24, 2.45) is 10.7 Å². The van der Waals surface area contributed by atoms with Gasteiger partial charge in [-0.25, -0.2) is 9.98 Å². The number of halogens is 3. The van der Waals surface area contributed by atoms with Gasteiger partial charge >= 0.3 is 6.18 Å². The molecule has 0 unspecified atom stereocenters. The number of carbonyl (C=O) groups excluding carboxylic acids is 1. The highest BCUT2D eigenvalue weighted by Gasteiger charge is 2.31. The highest BCUT2D eigenvalue weighted by molar-refractivity contribution is 7.10. The lowest BCUT2D eigenvalue weighted by Crippen LogP contribution is -2.36. The van der Waals surface area contributed by atoms with E-state index in [1.54, 1.807) is 17.9 Å². The van der Waals surface area contributed by atoms with Gasteiger partial charge in [0.05, 0.1) is 12.1 Å². The predicted molar refractivity (Wildman–Crippen MR) is 102 cm³/mol. The van der Waals surface area contributed by atoms with Crippen molar-refractivity contribution in [3.63, 3.8) is 0 Å². The maximum absolute atomic E-state index is 12.8. The molecule has 0 fully saturated rings. The highest BCUT2D eigenvalue weighted by atomic mass is 32.1. The van der Waals surface area contributed by atoms with E-state index >= 15 is 0 Å². The average Bonchev–Trinajstić information content (AvgIpc) is 3.09. The van der Waals surface area contributed by atoms with Crippen LogP contribution in [-0.2, 0) is 23.9 Å². The van der Waals surface area contributed by atoms with Crippen LogP contribution >= 0.6 is 11.3 Å². The molecule has 3 heterocycles. The molecule has 0 spiro atoms. The number of aliphatic imine (C=N–C) groups is 1. The third-order valence-electron chi connectivity index (χ3n) is 4.59. The lowest BCUT2D eigenvalue weighted by molar-refractivity contribution is -0.137. The summed E-state index contributed by atoms with van der Waals surface area (Å²) in [6, 6.07) is 1.76. The fourth-order valence-corrected chi connectivity index (χ4v) is 4.04. The van der Waals surface area contributed by atoms with Crippen LogP contribution in [0, 0.1) is 0 Å². The standard InChI is InChI=1S/C19H19F3N4OS/c1-3-11(2)18(27)26-7-5-13-14(10-28-15(13)9-26)17(23)25-16-8-12(4-6-24-16)19(20,21)22/h3-4,6,8,10H,5,7,9H2,1-2H3,(H2,23,24,25)/b11-3+. The molecular weight excluding hydrogens is 389 g/mol. The van der Waals surface area contributed by atoms with E-state index in [1.807, 2.05) is 12.3 Å². The topological polar surface area (TPSA) is 71.6 Å². The molecule has 0 saturated heterocycles. The third kappa shape index (κ3) is 4.09. The fourth-order valence-electron chi connectivity index (χ4n) is 2.93. The summed E-state index contributed by atoms with van der Waals surface area (Å²) in [7, 11) is 0. The number of hydrogen-bond donors (Lipinski definition) is 1. The van der Waals surface area contributed by atoms with Gasteiger partial charge in [0.25, 0.3) is 0 Å². The number of amidine groups is 1. The van der Waals surface area contributed by atoms with Crippen LogP contribution in [0.15, 0.2) is 40.4 Å². The van der Waals surface area contributed by atoms with Crippen LogP contribution in [0.2, 0.25) is 0 Å². The molecule has 1 aliphatic heterocycles. The van der Waals surface area contributed by atoms with Gasteiger partial charge < -0.3 is 10.6 Å². The summed E-state index contributed by atoms with van der Waals surface area (Å²) in [4.78, 5) is 23.1. The van der Waals surface area contributed by atoms with Crippen LogP contribution in [0.5, 0.6) is 0 Å². The van der Waals surface area contributed by atoms with Crippen molar-refractivity contribution in [2.75, 3.05) is 6.54 Å². The Morgan fingerprint density at radius 3 is 2.86 bits per heavy atom. The summed E-state index contributed by atoms with van der Waals surface area (Å²) in [5.41, 5.74) is 7.61. The second kappa shape index (κ2) is 7.75. The summed E-state index contributed by atoms with van der Waals surface area (Å²) >= 11 is 1.46. The van der Waals surface area contributed by atoms with Crippen LogP contribution in [0.1, 0.15) is 35.4 Å². The van der Waals surface area contributed by atoms with Gasteiger partial charge in [-0.1, -0.05) is 6.08 Å². The first-order valence-electron chi connectivity index (χ1n) is 8.60. The van der Waals surface area contributed by atoms with Crippen molar-refractivity contribution in [3.05, 3.63) is 56.9 Å². The molecule has 0 aliphatic carbocycles. The van der Waals surface area contributed by atoms with Crippen LogP contribution < -0.4 is 5.73 Å². The minimum Gasteiger partial charge on any atom is -0.383 e. The number of thiophene rings is 1. The van der Waals surface area contributed by atoms with Crippen LogP contribution in [-0.4, -0.2) is 28.2 Å². The minimum absolute atomic E-state index is 0.00194. The van der Waals surface area contributed by atoms with Gasteiger partial charge in [-0.05, 0) is 38.0 Å². The van der Waals surface area contributed by atoms with E-state index in [4.69, 9.17) is 5.73 Å². The number of rotatable bonds is 3. The average molecular weight is 408 g/mol. The lowest BCUT2D eigenvalue weighted by Gasteiger charge is -2.27. The van der Waals surface area contributed by atoms with Gasteiger partial charge in [0.15, 0.2) is 5.82 Å². The molecule has 1 amide bonds. The van der Waals surface area contributed by atoms with E-state index in [0.29, 0.717) is 30.6 Å². The molecule has 28 heavy (non-hydrogen) atoms. The van der Waals surface area contributed by atoms with Gasteiger partial charge in [0, 0.05) is 34.1 Å². The number of amides is 1. The second-order valence-electron chi connectivity index (χ2n) is 6.40. The first-order chi connectivity index (χ1) is 13.2. The zero-order valence-electron chi connectivity index (χ0n) is 15.4. The smallest absolute Gasteiger partial charge is 0.383 e. The predicted octanol–water partition coefficient (Wildman–Crippen LogP) is 4.05. The summed E-state index contributed by atoms with van der Waals surface area (Å²) in [5.74, 6) is 0.0234. The van der Waals surface area contributed by atoms with Crippen molar-refractivity contribution in [3.8, 4) is 0 Å². The Labute approximate surface area is 164 Å². The number of allylic oxidation sites excluding steroid dienone is 1. The van der Waals surface area contributed by atoms with E-state index in [9.17, 15) is 18.0 Å². The van der Waals surface area contributed by atoms with Crippen LogP contribution in [0.4, 0.5) is 19.0 Å². The number of carbonyl (C=O) groups is 1. The summed E-state index contributed by atoms with van der Waals surface area (Å²) in [6.07, 6.45) is -1.01. The summed E-state index contributed by atoms with van der Waals surface area (Å²) in [6.45, 7) is 4.64. The second-order valence-corrected chi connectivity index (χ2v) is 7.36.